The van der Waals surface area contributed by atoms with Crippen molar-refractivity contribution in [2.45, 2.75) is 17.9 Å². The second-order valence-corrected chi connectivity index (χ2v) is 5.30. The highest BCUT2D eigenvalue weighted by Gasteiger charge is 1.96. The van der Waals surface area contributed by atoms with E-state index in [1.54, 1.807) is 0 Å². The van der Waals surface area contributed by atoms with Crippen LogP contribution in [0.5, 0.6) is 0 Å². The van der Waals surface area contributed by atoms with Crippen LogP contribution in [0.1, 0.15) is 11.1 Å². The summed E-state index contributed by atoms with van der Waals surface area (Å²) in [6.07, 6.45) is 4.80. The Balaban J connectivity index is 1.80. The normalized spacial score (nSPS) is 10.5. The third-order valence-electron chi connectivity index (χ3n) is 2.71. The van der Waals surface area contributed by atoms with Crippen LogP contribution in [0.3, 0.4) is 0 Å². The highest BCUT2D eigenvalue weighted by Crippen LogP contribution is 2.19. The third-order valence-corrected chi connectivity index (χ3v) is 3.73. The first-order valence-electron chi connectivity index (χ1n) is 6.14. The number of nitrogens with one attached hydrogen (secondary N) is 1. The summed E-state index contributed by atoms with van der Waals surface area (Å²) >= 11 is 1.90. The highest BCUT2D eigenvalue weighted by molar-refractivity contribution is 7.99. The topological polar surface area (TPSA) is 24.9 Å². The van der Waals surface area contributed by atoms with Gasteiger partial charge in [0.1, 0.15) is 0 Å². The van der Waals surface area contributed by atoms with Crippen molar-refractivity contribution in [3.63, 3.8) is 0 Å². The van der Waals surface area contributed by atoms with Gasteiger partial charge in [0.2, 0.25) is 0 Å². The molecule has 0 unspecified atom stereocenters. The van der Waals surface area contributed by atoms with E-state index in [2.05, 4.69) is 46.7 Å². The summed E-state index contributed by atoms with van der Waals surface area (Å²) in [6, 6.07) is 12.9. The molecule has 18 heavy (non-hydrogen) atoms. The molecular formula is C15H18N2S. The van der Waals surface area contributed by atoms with E-state index in [1.807, 2.05) is 31.2 Å². The zero-order valence-electron chi connectivity index (χ0n) is 10.6. The molecule has 0 amide bonds. The molecule has 1 N–H and O–H groups in total. The van der Waals surface area contributed by atoms with Crippen molar-refractivity contribution in [3.05, 3.63) is 59.9 Å². The average molecular weight is 258 g/mol. The summed E-state index contributed by atoms with van der Waals surface area (Å²) in [6.45, 7) is 0.933. The van der Waals surface area contributed by atoms with Crippen molar-refractivity contribution in [1.29, 1.82) is 0 Å². The van der Waals surface area contributed by atoms with Crippen molar-refractivity contribution < 1.29 is 0 Å². The fraction of sp³-hybridized carbons (Fsp3) is 0.267. The van der Waals surface area contributed by atoms with E-state index >= 15 is 0 Å². The van der Waals surface area contributed by atoms with Gasteiger partial charge in [0.05, 0.1) is 0 Å². The van der Waals surface area contributed by atoms with Crippen LogP contribution in [0.15, 0.2) is 53.7 Å². The van der Waals surface area contributed by atoms with E-state index in [-0.39, 0.29) is 0 Å². The summed E-state index contributed by atoms with van der Waals surface area (Å²) in [5.74, 6) is 1.11. The van der Waals surface area contributed by atoms with E-state index < -0.39 is 0 Å². The lowest BCUT2D eigenvalue weighted by Crippen LogP contribution is -2.04. The van der Waals surface area contributed by atoms with Gasteiger partial charge in [-0.2, -0.15) is 0 Å². The molecule has 0 bridgehead atoms. The number of thioether (sulfide) groups is 1. The molecule has 0 saturated heterocycles. The molecule has 0 spiro atoms. The van der Waals surface area contributed by atoms with E-state index in [0.29, 0.717) is 0 Å². The van der Waals surface area contributed by atoms with Crippen molar-refractivity contribution in [1.82, 2.24) is 10.3 Å². The Bertz CT molecular complexity index is 454. The maximum Gasteiger partial charge on any atom is 0.0270 e. The maximum atomic E-state index is 4.03. The Morgan fingerprint density at radius 3 is 2.39 bits per heavy atom. The molecule has 3 heteroatoms. The second-order valence-electron chi connectivity index (χ2n) is 4.13. The molecule has 0 atom stereocenters. The minimum absolute atomic E-state index is 0.933. The maximum absolute atomic E-state index is 4.03. The Hall–Kier alpha value is -1.32. The summed E-state index contributed by atoms with van der Waals surface area (Å²) in [5.41, 5.74) is 2.68. The Labute approximate surface area is 113 Å². The van der Waals surface area contributed by atoms with Crippen LogP contribution in [-0.2, 0) is 13.0 Å². The van der Waals surface area contributed by atoms with Gasteiger partial charge in [0, 0.05) is 29.6 Å². The summed E-state index contributed by atoms with van der Waals surface area (Å²) in [5, 5.41) is 3.16. The molecule has 0 fully saturated rings. The molecule has 1 aromatic heterocycles. The zero-order valence-corrected chi connectivity index (χ0v) is 11.4. The lowest BCUT2D eigenvalue weighted by Gasteiger charge is -2.04. The van der Waals surface area contributed by atoms with E-state index in [1.165, 1.54) is 16.0 Å². The fourth-order valence-electron chi connectivity index (χ4n) is 1.74. The molecule has 0 saturated carbocycles. The van der Waals surface area contributed by atoms with Crippen molar-refractivity contribution in [2.75, 3.05) is 12.8 Å². The van der Waals surface area contributed by atoms with Crippen LogP contribution in [0.25, 0.3) is 0 Å². The standard InChI is InChI=1S/C15H18N2S/c1-16-12-14-2-4-15(5-3-14)18-11-8-13-6-9-17-10-7-13/h2-7,9-10,16H,8,11-12H2,1H3. The van der Waals surface area contributed by atoms with Crippen LogP contribution in [0, 0.1) is 0 Å². The zero-order chi connectivity index (χ0) is 12.6. The summed E-state index contributed by atoms with van der Waals surface area (Å²) in [4.78, 5) is 5.36. The summed E-state index contributed by atoms with van der Waals surface area (Å²) < 4.78 is 0. The fourth-order valence-corrected chi connectivity index (χ4v) is 2.65. The first-order valence-corrected chi connectivity index (χ1v) is 7.12. The van der Waals surface area contributed by atoms with Gasteiger partial charge in [-0.05, 0) is 48.9 Å². The molecule has 0 aliphatic rings. The van der Waals surface area contributed by atoms with Gasteiger partial charge in [-0.25, -0.2) is 0 Å². The molecule has 0 radical (unpaired) electrons. The van der Waals surface area contributed by atoms with Gasteiger partial charge in [-0.3, -0.25) is 4.98 Å². The van der Waals surface area contributed by atoms with E-state index in [0.717, 1.165) is 18.7 Å². The predicted octanol–water partition coefficient (Wildman–Crippen LogP) is 3.14. The Morgan fingerprint density at radius 2 is 1.72 bits per heavy atom. The van der Waals surface area contributed by atoms with Gasteiger partial charge in [0.25, 0.3) is 0 Å². The van der Waals surface area contributed by atoms with Crippen molar-refractivity contribution in [3.8, 4) is 0 Å². The van der Waals surface area contributed by atoms with Crippen molar-refractivity contribution >= 4 is 11.8 Å². The number of hydrogen-bond donors (Lipinski definition) is 1. The number of rotatable bonds is 6. The van der Waals surface area contributed by atoms with Gasteiger partial charge < -0.3 is 5.32 Å². The van der Waals surface area contributed by atoms with Gasteiger partial charge in [0.15, 0.2) is 0 Å². The molecule has 1 aromatic carbocycles. The third kappa shape index (κ3) is 4.17. The minimum atomic E-state index is 0.933. The molecule has 2 aromatic rings. The lowest BCUT2D eigenvalue weighted by molar-refractivity contribution is 0.817. The summed E-state index contributed by atoms with van der Waals surface area (Å²) in [7, 11) is 1.97. The predicted molar refractivity (Wildman–Crippen MR) is 77.9 cm³/mol. The molecule has 2 rings (SSSR count). The number of aryl methyl sites for hydroxylation is 1. The average Bonchev–Trinajstić information content (AvgIpc) is 2.42. The van der Waals surface area contributed by atoms with Gasteiger partial charge >= 0.3 is 0 Å². The Morgan fingerprint density at radius 1 is 1.00 bits per heavy atom. The lowest BCUT2D eigenvalue weighted by atomic mass is 10.2. The van der Waals surface area contributed by atoms with E-state index in [4.69, 9.17) is 0 Å². The van der Waals surface area contributed by atoms with Crippen LogP contribution < -0.4 is 5.32 Å². The van der Waals surface area contributed by atoms with Crippen LogP contribution in [0.4, 0.5) is 0 Å². The number of nitrogens with zero attached hydrogens (tertiary/aromatic N) is 1. The van der Waals surface area contributed by atoms with E-state index in [9.17, 15) is 0 Å². The number of hydrogen-bond acceptors (Lipinski definition) is 3. The molecule has 0 aliphatic carbocycles. The molecule has 94 valence electrons. The van der Waals surface area contributed by atoms with Crippen LogP contribution in [0.2, 0.25) is 0 Å². The first kappa shape index (κ1) is 13.1. The largest absolute Gasteiger partial charge is 0.316 e. The molecular weight excluding hydrogens is 240 g/mol. The van der Waals surface area contributed by atoms with Crippen LogP contribution in [-0.4, -0.2) is 17.8 Å². The van der Waals surface area contributed by atoms with Crippen LogP contribution >= 0.6 is 11.8 Å². The Kier molecular flexibility index (Phi) is 5.24. The first-order chi connectivity index (χ1) is 8.88. The molecule has 2 nitrogen and oxygen atoms in total. The number of aromatic nitrogens is 1. The number of pyridine rings is 1. The van der Waals surface area contributed by atoms with Gasteiger partial charge in [-0.15, -0.1) is 11.8 Å². The molecule has 1 heterocycles. The minimum Gasteiger partial charge on any atom is -0.316 e. The molecule has 0 aliphatic heterocycles. The highest BCUT2D eigenvalue weighted by atomic mass is 32.2. The second kappa shape index (κ2) is 7.19. The number of benzene rings is 1. The smallest absolute Gasteiger partial charge is 0.0270 e. The monoisotopic (exact) mass is 258 g/mol. The SMILES string of the molecule is CNCc1ccc(SCCc2ccncc2)cc1. The quantitative estimate of drug-likeness (QED) is 0.806. The van der Waals surface area contributed by atoms with Crippen molar-refractivity contribution in [2.24, 2.45) is 0 Å². The van der Waals surface area contributed by atoms with Gasteiger partial charge in [-0.1, -0.05) is 12.1 Å².